The predicted molar refractivity (Wildman–Crippen MR) is 118 cm³/mol. The monoisotopic (exact) mass is 369 g/mol. The van der Waals surface area contributed by atoms with Gasteiger partial charge in [0.05, 0.1) is 0 Å². The van der Waals surface area contributed by atoms with Gasteiger partial charge in [-0.05, 0) is 38.1 Å². The molecule has 3 heteroatoms. The molecule has 0 aromatic carbocycles. The van der Waals surface area contributed by atoms with E-state index in [1.54, 1.807) is 0 Å². The minimum atomic E-state index is 0.0299. The van der Waals surface area contributed by atoms with Gasteiger partial charge in [0, 0.05) is 18.6 Å². The van der Waals surface area contributed by atoms with Gasteiger partial charge >= 0.3 is 0 Å². The first kappa shape index (κ1) is 25.9. The molecule has 0 aromatic rings. The summed E-state index contributed by atoms with van der Waals surface area (Å²) in [6.07, 6.45) is 14.6. The van der Waals surface area contributed by atoms with Gasteiger partial charge in [-0.25, -0.2) is 0 Å². The van der Waals surface area contributed by atoms with Crippen molar-refractivity contribution >= 4 is 0 Å². The third-order valence-electron chi connectivity index (χ3n) is 6.31. The van der Waals surface area contributed by atoms with Crippen molar-refractivity contribution in [3.8, 4) is 0 Å². The third-order valence-corrected chi connectivity index (χ3v) is 6.31. The topological polar surface area (TPSA) is 41.3 Å². The number of unbranched alkanes of at least 4 members (excludes halogenated alkanes) is 2. The highest BCUT2D eigenvalue weighted by atomic mass is 15.3. The molecule has 0 aliphatic rings. The van der Waals surface area contributed by atoms with E-state index in [0.717, 1.165) is 24.9 Å². The average Bonchev–Trinajstić information content (AvgIpc) is 2.66. The van der Waals surface area contributed by atoms with Crippen LogP contribution >= 0.6 is 0 Å². The molecule has 0 heterocycles. The summed E-state index contributed by atoms with van der Waals surface area (Å²) in [5, 5.41) is 0. The molecule has 0 radical (unpaired) electrons. The lowest BCUT2D eigenvalue weighted by Crippen LogP contribution is -2.55. The number of nitrogens with two attached hydrogens (primary N) is 1. The van der Waals surface area contributed by atoms with Crippen molar-refractivity contribution in [1.82, 2.24) is 10.3 Å². The lowest BCUT2D eigenvalue weighted by molar-refractivity contribution is 0.157. The minimum Gasteiger partial charge on any atom is -0.301 e. The van der Waals surface area contributed by atoms with Gasteiger partial charge in [-0.15, -0.1) is 0 Å². The molecule has 0 saturated carbocycles. The Balaban J connectivity index is 4.49. The summed E-state index contributed by atoms with van der Waals surface area (Å²) in [6, 6.07) is 0. The second-order valence-electron chi connectivity index (χ2n) is 8.76. The summed E-state index contributed by atoms with van der Waals surface area (Å²) in [5.74, 6) is 7.74. The number of nitrogens with one attached hydrogen (secondary N) is 1. The number of hydrazine groups is 1. The van der Waals surface area contributed by atoms with Crippen LogP contribution in [0, 0.1) is 11.8 Å². The zero-order valence-electron chi connectivity index (χ0n) is 19.1. The van der Waals surface area contributed by atoms with E-state index in [-0.39, 0.29) is 5.54 Å². The van der Waals surface area contributed by atoms with Crippen LogP contribution in [0.4, 0.5) is 0 Å². The van der Waals surface area contributed by atoms with Crippen molar-refractivity contribution in [3.63, 3.8) is 0 Å². The second kappa shape index (κ2) is 15.9. The van der Waals surface area contributed by atoms with E-state index >= 15 is 0 Å². The minimum absolute atomic E-state index is 0.0299. The predicted octanol–water partition coefficient (Wildman–Crippen LogP) is 6.13. The molecule has 0 saturated heterocycles. The van der Waals surface area contributed by atoms with Crippen LogP contribution < -0.4 is 11.3 Å². The molecule has 0 aromatic heterocycles. The van der Waals surface area contributed by atoms with Crippen molar-refractivity contribution in [1.29, 1.82) is 0 Å². The molecule has 158 valence electrons. The smallest absolute Gasteiger partial charge is 0.0420 e. The highest BCUT2D eigenvalue weighted by molar-refractivity contribution is 4.85. The molecule has 0 aliphatic carbocycles. The van der Waals surface area contributed by atoms with Crippen LogP contribution in [0.2, 0.25) is 0 Å². The largest absolute Gasteiger partial charge is 0.301 e. The lowest BCUT2D eigenvalue weighted by Gasteiger charge is -2.36. The molecular weight excluding hydrogens is 318 g/mol. The first-order valence-electron chi connectivity index (χ1n) is 11.7. The molecule has 0 amide bonds. The Bertz CT molecular complexity index is 308. The first-order chi connectivity index (χ1) is 12.5. The number of nitrogens with zero attached hydrogens (tertiary/aromatic N) is 1. The van der Waals surface area contributed by atoms with Crippen LogP contribution in [0.3, 0.4) is 0 Å². The van der Waals surface area contributed by atoms with Gasteiger partial charge in [0.25, 0.3) is 0 Å². The van der Waals surface area contributed by atoms with Crippen molar-refractivity contribution in [2.75, 3.05) is 19.6 Å². The van der Waals surface area contributed by atoms with Gasteiger partial charge < -0.3 is 4.90 Å². The van der Waals surface area contributed by atoms with E-state index in [4.69, 9.17) is 5.84 Å². The van der Waals surface area contributed by atoms with Crippen molar-refractivity contribution in [2.45, 2.75) is 118 Å². The van der Waals surface area contributed by atoms with Crippen LogP contribution in [-0.2, 0) is 0 Å². The zero-order valence-corrected chi connectivity index (χ0v) is 19.1. The number of rotatable bonds is 18. The van der Waals surface area contributed by atoms with Gasteiger partial charge in [-0.1, -0.05) is 92.4 Å². The van der Waals surface area contributed by atoms with E-state index < -0.39 is 0 Å². The first-order valence-corrected chi connectivity index (χ1v) is 11.7. The molecule has 0 spiro atoms. The average molecular weight is 370 g/mol. The summed E-state index contributed by atoms with van der Waals surface area (Å²) in [5.41, 5.74) is 3.20. The normalized spacial score (nSPS) is 16.6. The van der Waals surface area contributed by atoms with Crippen LogP contribution in [0.15, 0.2) is 0 Å². The Morgan fingerprint density at radius 2 is 1.38 bits per heavy atom. The van der Waals surface area contributed by atoms with Crippen LogP contribution in [-0.4, -0.2) is 30.1 Å². The van der Waals surface area contributed by atoms with Gasteiger partial charge in [0.2, 0.25) is 0 Å². The number of hydrogen-bond donors (Lipinski definition) is 2. The Morgan fingerprint density at radius 3 is 1.85 bits per heavy atom. The van der Waals surface area contributed by atoms with Crippen LogP contribution in [0.5, 0.6) is 0 Å². The second-order valence-corrected chi connectivity index (χ2v) is 8.76. The fraction of sp³-hybridized carbons (Fsp3) is 1.00. The summed E-state index contributed by atoms with van der Waals surface area (Å²) >= 11 is 0. The highest BCUT2D eigenvalue weighted by Crippen LogP contribution is 2.23. The van der Waals surface area contributed by atoms with Gasteiger partial charge in [-0.2, -0.15) is 0 Å². The number of hydrogen-bond acceptors (Lipinski definition) is 3. The summed E-state index contributed by atoms with van der Waals surface area (Å²) in [6.45, 7) is 17.3. The van der Waals surface area contributed by atoms with Crippen molar-refractivity contribution < 1.29 is 0 Å². The van der Waals surface area contributed by atoms with E-state index in [1.807, 2.05) is 0 Å². The maximum absolute atomic E-state index is 6.01. The Kier molecular flexibility index (Phi) is 15.8. The molecular formula is C23H51N3. The maximum Gasteiger partial charge on any atom is 0.0420 e. The Morgan fingerprint density at radius 1 is 0.846 bits per heavy atom. The Labute approximate surface area is 165 Å². The molecule has 0 fully saturated rings. The van der Waals surface area contributed by atoms with E-state index in [2.05, 4.69) is 51.9 Å². The van der Waals surface area contributed by atoms with Crippen molar-refractivity contribution in [2.24, 2.45) is 17.7 Å². The molecule has 0 rings (SSSR count). The SMILES string of the molecule is CCCCC(CC)CCCC(C)(CN(CC)CC(CC)CCCC)NN. The molecule has 26 heavy (non-hydrogen) atoms. The van der Waals surface area contributed by atoms with Gasteiger partial charge in [0.1, 0.15) is 0 Å². The standard InChI is InChI=1S/C23H51N3/c1-7-12-15-21(9-3)17-14-18-23(6,25-24)20-26(11-5)19-22(10-4)16-13-8-2/h21-22,25H,7-20,24H2,1-6H3. The van der Waals surface area contributed by atoms with Crippen LogP contribution in [0.1, 0.15) is 112 Å². The summed E-state index contributed by atoms with van der Waals surface area (Å²) in [7, 11) is 0. The van der Waals surface area contributed by atoms with Crippen molar-refractivity contribution in [3.05, 3.63) is 0 Å². The maximum atomic E-state index is 6.01. The molecule has 0 aliphatic heterocycles. The highest BCUT2D eigenvalue weighted by Gasteiger charge is 2.26. The zero-order chi connectivity index (χ0) is 19.8. The molecule has 0 bridgehead atoms. The Hall–Kier alpha value is -0.120. The molecule has 3 unspecified atom stereocenters. The quantitative estimate of drug-likeness (QED) is 0.225. The summed E-state index contributed by atoms with van der Waals surface area (Å²) < 4.78 is 0. The summed E-state index contributed by atoms with van der Waals surface area (Å²) in [4.78, 5) is 2.62. The fourth-order valence-electron chi connectivity index (χ4n) is 4.10. The fourth-order valence-corrected chi connectivity index (χ4v) is 4.10. The lowest BCUT2D eigenvalue weighted by atomic mass is 9.88. The van der Waals surface area contributed by atoms with Gasteiger partial charge in [-0.3, -0.25) is 11.3 Å². The molecule has 3 atom stereocenters. The van der Waals surface area contributed by atoms with Gasteiger partial charge in [0.15, 0.2) is 0 Å². The third kappa shape index (κ3) is 11.6. The molecule has 3 nitrogen and oxygen atoms in total. The van der Waals surface area contributed by atoms with E-state index in [0.29, 0.717) is 0 Å². The van der Waals surface area contributed by atoms with E-state index in [1.165, 1.54) is 77.2 Å². The number of likely N-dealkylation sites (N-methyl/N-ethyl adjacent to an activating group) is 1. The van der Waals surface area contributed by atoms with E-state index in [9.17, 15) is 0 Å². The molecule has 3 N–H and O–H groups in total. The van der Waals surface area contributed by atoms with Crippen LogP contribution in [0.25, 0.3) is 0 Å².